The Morgan fingerprint density at radius 1 is 0.800 bits per heavy atom. The predicted molar refractivity (Wildman–Crippen MR) is 113 cm³/mol. The second kappa shape index (κ2) is 9.88. The number of hydrogen-bond acceptors (Lipinski definition) is 0. The van der Waals surface area contributed by atoms with Crippen molar-refractivity contribution in [1.29, 1.82) is 0 Å². The SMILES string of the molecule is CC.CC/C=C(\C=C(/[OH2+])c1ccc(C)c(C)c1)c1ccc(C)c(C)c1. The van der Waals surface area contributed by atoms with Crippen molar-refractivity contribution in [3.05, 3.63) is 81.9 Å². The van der Waals surface area contributed by atoms with E-state index in [-0.39, 0.29) is 0 Å². The van der Waals surface area contributed by atoms with Gasteiger partial charge in [-0.2, -0.15) is 0 Å². The van der Waals surface area contributed by atoms with Gasteiger partial charge in [-0.25, -0.2) is 0 Å². The molecule has 0 spiro atoms. The molecule has 1 heteroatoms. The Balaban J connectivity index is 0.00000151. The normalized spacial score (nSPS) is 11.8. The Labute approximate surface area is 153 Å². The largest absolute Gasteiger partial charge is 0.593 e. The number of rotatable bonds is 4. The quantitative estimate of drug-likeness (QED) is 0.345. The summed E-state index contributed by atoms with van der Waals surface area (Å²) in [6.07, 6.45) is 5.14. The molecule has 134 valence electrons. The first-order valence-corrected chi connectivity index (χ1v) is 9.21. The molecule has 2 N–H and O–H groups in total. The van der Waals surface area contributed by atoms with Gasteiger partial charge in [-0.1, -0.05) is 51.1 Å². The van der Waals surface area contributed by atoms with Crippen molar-refractivity contribution < 1.29 is 5.11 Å². The summed E-state index contributed by atoms with van der Waals surface area (Å²) in [7, 11) is 0. The zero-order chi connectivity index (χ0) is 19.0. The fourth-order valence-corrected chi connectivity index (χ4v) is 2.55. The second-order valence-corrected chi connectivity index (χ2v) is 6.22. The molecule has 0 aliphatic heterocycles. The van der Waals surface area contributed by atoms with E-state index >= 15 is 0 Å². The Hall–Kier alpha value is -2.28. The summed E-state index contributed by atoms with van der Waals surface area (Å²) in [4.78, 5) is 0. The van der Waals surface area contributed by atoms with E-state index in [1.165, 1.54) is 27.8 Å². The van der Waals surface area contributed by atoms with Crippen LogP contribution >= 0.6 is 0 Å². The van der Waals surface area contributed by atoms with Gasteiger partial charge in [0.15, 0.2) is 0 Å². The summed E-state index contributed by atoms with van der Waals surface area (Å²) in [5, 5.41) is 8.45. The second-order valence-electron chi connectivity index (χ2n) is 6.22. The van der Waals surface area contributed by atoms with Crippen molar-refractivity contribution in [2.75, 3.05) is 0 Å². The first-order chi connectivity index (χ1) is 11.9. The van der Waals surface area contributed by atoms with E-state index in [4.69, 9.17) is 5.11 Å². The fraction of sp³-hybridized carbons (Fsp3) is 0.333. The molecule has 0 amide bonds. The summed E-state index contributed by atoms with van der Waals surface area (Å²) in [6, 6.07) is 12.7. The van der Waals surface area contributed by atoms with E-state index in [1.54, 1.807) is 0 Å². The van der Waals surface area contributed by atoms with Crippen LogP contribution in [0.5, 0.6) is 0 Å². The van der Waals surface area contributed by atoms with Gasteiger partial charge in [0, 0.05) is 6.08 Å². The third kappa shape index (κ3) is 5.63. The Bertz CT molecular complexity index is 764. The van der Waals surface area contributed by atoms with Crippen molar-refractivity contribution in [1.82, 2.24) is 0 Å². The highest BCUT2D eigenvalue weighted by molar-refractivity contribution is 5.81. The Morgan fingerprint density at radius 3 is 1.76 bits per heavy atom. The molecule has 0 aliphatic carbocycles. The molecule has 0 aromatic heterocycles. The van der Waals surface area contributed by atoms with E-state index in [1.807, 2.05) is 26.0 Å². The van der Waals surface area contributed by atoms with Gasteiger partial charge in [0.25, 0.3) is 5.76 Å². The minimum atomic E-state index is 0.561. The highest BCUT2D eigenvalue weighted by Crippen LogP contribution is 2.24. The van der Waals surface area contributed by atoms with E-state index in [2.05, 4.69) is 71.0 Å². The number of allylic oxidation sites excluding steroid dienone is 3. The lowest BCUT2D eigenvalue weighted by Gasteiger charge is -2.07. The van der Waals surface area contributed by atoms with Crippen LogP contribution in [0.2, 0.25) is 0 Å². The van der Waals surface area contributed by atoms with Crippen LogP contribution in [0.4, 0.5) is 0 Å². The van der Waals surface area contributed by atoms with E-state index in [9.17, 15) is 0 Å². The summed E-state index contributed by atoms with van der Waals surface area (Å²) < 4.78 is 0. The van der Waals surface area contributed by atoms with Gasteiger partial charge in [0.2, 0.25) is 0 Å². The number of hydrogen-bond donors (Lipinski definition) is 0. The highest BCUT2D eigenvalue weighted by atomic mass is 16.3. The maximum atomic E-state index is 8.45. The van der Waals surface area contributed by atoms with Crippen LogP contribution < -0.4 is 0 Å². The minimum Gasteiger partial charge on any atom is -0.593 e. The molecule has 0 unspecified atom stereocenters. The molecule has 0 saturated heterocycles. The predicted octanol–water partition coefficient (Wildman–Crippen LogP) is 6.51. The topological polar surface area (TPSA) is 22.9 Å². The first kappa shape index (κ1) is 20.8. The van der Waals surface area contributed by atoms with Crippen LogP contribution in [-0.4, -0.2) is 5.11 Å². The van der Waals surface area contributed by atoms with Gasteiger partial charge in [-0.3, -0.25) is 0 Å². The van der Waals surface area contributed by atoms with Crippen molar-refractivity contribution in [2.45, 2.75) is 54.9 Å². The third-order valence-electron chi connectivity index (χ3n) is 4.38. The van der Waals surface area contributed by atoms with Crippen LogP contribution in [-0.2, 0) is 0 Å². The molecule has 0 fully saturated rings. The molecule has 0 atom stereocenters. The lowest BCUT2D eigenvalue weighted by molar-refractivity contribution is 0.512. The summed E-state index contributed by atoms with van der Waals surface area (Å²) in [6.45, 7) is 14.6. The molecular formula is C24H33O+. The van der Waals surface area contributed by atoms with Crippen LogP contribution in [0.25, 0.3) is 11.3 Å². The molecule has 0 bridgehead atoms. The standard InChI is InChI=1S/C22H26O.C2H6/c1-6-7-19(20-10-8-15(2)17(4)12-20)14-22(23)21-11-9-16(3)18(5)13-21;1-2/h7-14,23H,6H2,1-5H3;1-2H3/p+1/b19-7+,22-14-;. The zero-order valence-corrected chi connectivity index (χ0v) is 16.8. The van der Waals surface area contributed by atoms with Crippen molar-refractivity contribution in [3.8, 4) is 0 Å². The maximum Gasteiger partial charge on any atom is 0.261 e. The number of aryl methyl sites for hydroxylation is 4. The molecule has 1 nitrogen and oxygen atoms in total. The molecule has 0 aliphatic rings. The van der Waals surface area contributed by atoms with Crippen molar-refractivity contribution >= 4 is 11.3 Å². The minimum absolute atomic E-state index is 0.561. The van der Waals surface area contributed by atoms with Gasteiger partial charge in [-0.05, 0) is 79.6 Å². The molecule has 2 aromatic carbocycles. The zero-order valence-electron chi connectivity index (χ0n) is 16.8. The van der Waals surface area contributed by atoms with Crippen molar-refractivity contribution in [2.24, 2.45) is 0 Å². The Kier molecular flexibility index (Phi) is 8.21. The summed E-state index contributed by atoms with van der Waals surface area (Å²) in [5.41, 5.74) is 8.36. The average Bonchev–Trinajstić information content (AvgIpc) is 2.61. The summed E-state index contributed by atoms with van der Waals surface area (Å²) in [5.74, 6) is 0.561. The van der Waals surface area contributed by atoms with Crippen LogP contribution in [0.1, 0.15) is 60.6 Å². The van der Waals surface area contributed by atoms with Crippen LogP contribution in [0, 0.1) is 27.7 Å². The van der Waals surface area contributed by atoms with Gasteiger partial charge >= 0.3 is 0 Å². The monoisotopic (exact) mass is 337 g/mol. The third-order valence-corrected chi connectivity index (χ3v) is 4.38. The highest BCUT2D eigenvalue weighted by Gasteiger charge is 2.09. The smallest absolute Gasteiger partial charge is 0.261 e. The van der Waals surface area contributed by atoms with Gasteiger partial charge in [0.1, 0.15) is 0 Å². The molecule has 0 saturated carbocycles. The molecule has 25 heavy (non-hydrogen) atoms. The van der Waals surface area contributed by atoms with Crippen LogP contribution in [0.3, 0.4) is 0 Å². The molecule has 2 rings (SSSR count). The van der Waals surface area contributed by atoms with Crippen LogP contribution in [0.15, 0.2) is 48.6 Å². The van der Waals surface area contributed by atoms with Gasteiger partial charge < -0.3 is 5.11 Å². The lowest BCUT2D eigenvalue weighted by Crippen LogP contribution is -1.90. The molecule has 0 radical (unpaired) electrons. The van der Waals surface area contributed by atoms with E-state index < -0.39 is 0 Å². The Morgan fingerprint density at radius 2 is 1.28 bits per heavy atom. The van der Waals surface area contributed by atoms with E-state index in [0.717, 1.165) is 17.6 Å². The van der Waals surface area contributed by atoms with E-state index in [0.29, 0.717) is 5.76 Å². The summed E-state index contributed by atoms with van der Waals surface area (Å²) >= 11 is 0. The van der Waals surface area contributed by atoms with Gasteiger partial charge in [0.05, 0.1) is 5.56 Å². The van der Waals surface area contributed by atoms with Gasteiger partial charge in [-0.15, -0.1) is 0 Å². The molecule has 2 aromatic rings. The number of benzene rings is 2. The van der Waals surface area contributed by atoms with Crippen molar-refractivity contribution in [3.63, 3.8) is 0 Å². The fourth-order valence-electron chi connectivity index (χ4n) is 2.55. The molecule has 0 heterocycles. The first-order valence-electron chi connectivity index (χ1n) is 9.21. The lowest BCUT2D eigenvalue weighted by atomic mass is 9.97. The average molecular weight is 338 g/mol. The molecular weight excluding hydrogens is 304 g/mol. The maximum absolute atomic E-state index is 8.45.